The molecule has 1 aliphatic rings. The van der Waals surface area contributed by atoms with Gasteiger partial charge in [-0.15, -0.1) is 0 Å². The Labute approximate surface area is 136 Å². The van der Waals surface area contributed by atoms with Crippen molar-refractivity contribution >= 4 is 30.8 Å². The van der Waals surface area contributed by atoms with Crippen LogP contribution in [-0.4, -0.2) is 33.0 Å². The molecule has 0 aromatic heterocycles. The molecule has 4 nitrogen and oxygen atoms in total. The van der Waals surface area contributed by atoms with Gasteiger partial charge in [0.05, 0.1) is 0 Å². The monoisotopic (exact) mass is 362 g/mol. The van der Waals surface area contributed by atoms with E-state index in [2.05, 4.69) is 35.2 Å². The molecule has 3 rings (SSSR count). The first kappa shape index (κ1) is 15.1. The van der Waals surface area contributed by atoms with Crippen molar-refractivity contribution in [3.8, 4) is 0 Å². The van der Waals surface area contributed by atoms with Crippen LogP contribution in [0, 0.1) is 10.1 Å². The first-order valence-corrected chi connectivity index (χ1v) is 9.28. The van der Waals surface area contributed by atoms with E-state index in [9.17, 15) is 10.1 Å². The Bertz CT molecular complexity index is 631. The zero-order valence-electron chi connectivity index (χ0n) is 12.2. The second-order valence-electron chi connectivity index (χ2n) is 5.41. The molecule has 1 heterocycles. The van der Waals surface area contributed by atoms with Gasteiger partial charge in [-0.3, -0.25) is 0 Å². The molecule has 1 aliphatic heterocycles. The number of non-ortho nitro benzene ring substituents is 1. The topological polar surface area (TPSA) is 46.4 Å². The molecular weight excluding hydrogens is 343 g/mol. The van der Waals surface area contributed by atoms with Crippen LogP contribution in [0.15, 0.2) is 54.6 Å². The van der Waals surface area contributed by atoms with Gasteiger partial charge in [-0.1, -0.05) is 0 Å². The average Bonchev–Trinajstić information content (AvgIpc) is 2.56. The normalized spacial score (nSPS) is 18.2. The molecule has 1 unspecified atom stereocenters. The molecule has 0 N–H and O–H groups in total. The summed E-state index contributed by atoms with van der Waals surface area (Å²) in [5.41, 5.74) is 1.25. The summed E-state index contributed by atoms with van der Waals surface area (Å²) in [6.45, 7) is 2.09. The van der Waals surface area contributed by atoms with Crippen molar-refractivity contribution in [2.24, 2.45) is 0 Å². The second-order valence-corrected chi connectivity index (χ2v) is 8.30. The van der Waals surface area contributed by atoms with Gasteiger partial charge in [0, 0.05) is 0 Å². The fourth-order valence-corrected chi connectivity index (χ4v) is 5.34. The van der Waals surface area contributed by atoms with Crippen LogP contribution in [0.3, 0.4) is 0 Å². The van der Waals surface area contributed by atoms with Crippen molar-refractivity contribution in [1.29, 1.82) is 0 Å². The van der Waals surface area contributed by atoms with Crippen LogP contribution < -0.4 is 9.36 Å². The predicted molar refractivity (Wildman–Crippen MR) is 90.1 cm³/mol. The zero-order chi connectivity index (χ0) is 15.4. The summed E-state index contributed by atoms with van der Waals surface area (Å²) in [5.74, 6) is 0. The zero-order valence-corrected chi connectivity index (χ0v) is 13.9. The third-order valence-electron chi connectivity index (χ3n) is 3.85. The number of nitro groups is 1. The summed E-state index contributed by atoms with van der Waals surface area (Å²) >= 11 is 0.487. The van der Waals surface area contributed by atoms with Gasteiger partial charge in [0.25, 0.3) is 0 Å². The van der Waals surface area contributed by atoms with Gasteiger partial charge in [-0.25, -0.2) is 0 Å². The van der Waals surface area contributed by atoms with E-state index in [0.29, 0.717) is 19.8 Å². The molecule has 1 atom stereocenters. The minimum atomic E-state index is -0.346. The van der Waals surface area contributed by atoms with Crippen LogP contribution in [0.4, 0.5) is 11.4 Å². The Kier molecular flexibility index (Phi) is 4.76. The van der Waals surface area contributed by atoms with Crippen molar-refractivity contribution in [3.05, 3.63) is 64.7 Å². The Morgan fingerprint density at radius 2 is 1.82 bits per heavy atom. The molecule has 0 aliphatic carbocycles. The van der Waals surface area contributed by atoms with E-state index in [4.69, 9.17) is 0 Å². The molecule has 2 aromatic carbocycles. The third kappa shape index (κ3) is 3.67. The number of anilines is 1. The standard InChI is InChI=1S/C17H18N2O2Se/c20-19(21)15-10-8-14(9-11-15)18-12-4-7-17(13-18)22-16-5-2-1-3-6-16/h1-3,5-6,8-11,17H,4,7,12-13H2. The number of hydrogen-bond acceptors (Lipinski definition) is 3. The van der Waals surface area contributed by atoms with Crippen LogP contribution >= 0.6 is 0 Å². The number of hydrogen-bond donors (Lipinski definition) is 0. The number of nitrogens with zero attached hydrogens (tertiary/aromatic N) is 2. The number of piperidine rings is 1. The maximum atomic E-state index is 10.7. The second kappa shape index (κ2) is 6.95. The average molecular weight is 361 g/mol. The third-order valence-corrected chi connectivity index (χ3v) is 6.50. The minimum absolute atomic E-state index is 0.158. The van der Waals surface area contributed by atoms with E-state index in [-0.39, 0.29) is 10.6 Å². The molecular formula is C17H18N2O2Se. The van der Waals surface area contributed by atoms with Gasteiger partial charge < -0.3 is 0 Å². The van der Waals surface area contributed by atoms with Gasteiger partial charge in [0.15, 0.2) is 0 Å². The molecule has 114 valence electrons. The summed E-state index contributed by atoms with van der Waals surface area (Å²) < 4.78 is 1.45. The molecule has 0 amide bonds. The number of nitro benzene ring substituents is 1. The van der Waals surface area contributed by atoms with E-state index < -0.39 is 0 Å². The molecule has 5 heteroatoms. The Morgan fingerprint density at radius 3 is 2.50 bits per heavy atom. The van der Waals surface area contributed by atoms with Gasteiger partial charge >= 0.3 is 136 Å². The van der Waals surface area contributed by atoms with Gasteiger partial charge in [-0.05, 0) is 0 Å². The molecule has 0 radical (unpaired) electrons. The van der Waals surface area contributed by atoms with Gasteiger partial charge in [0.1, 0.15) is 0 Å². The SMILES string of the molecule is O=[N+]([O-])c1ccc(N2CCCC([Se]c3ccccc3)C2)cc1. The summed E-state index contributed by atoms with van der Waals surface area (Å²) in [5, 5.41) is 10.7. The van der Waals surface area contributed by atoms with Crippen molar-refractivity contribution < 1.29 is 4.92 Å². The predicted octanol–water partition coefficient (Wildman–Crippen LogP) is 3.01. The van der Waals surface area contributed by atoms with Crippen LogP contribution in [-0.2, 0) is 0 Å². The Hall–Kier alpha value is -1.84. The fourth-order valence-electron chi connectivity index (χ4n) is 2.75. The molecule has 2 aromatic rings. The quantitative estimate of drug-likeness (QED) is 0.478. The van der Waals surface area contributed by atoms with Crippen LogP contribution in [0.2, 0.25) is 4.82 Å². The molecule has 0 spiro atoms. The van der Waals surface area contributed by atoms with Crippen LogP contribution in [0.25, 0.3) is 0 Å². The molecule has 1 saturated heterocycles. The van der Waals surface area contributed by atoms with E-state index in [0.717, 1.165) is 18.8 Å². The van der Waals surface area contributed by atoms with E-state index in [1.807, 2.05) is 12.1 Å². The van der Waals surface area contributed by atoms with E-state index >= 15 is 0 Å². The summed E-state index contributed by atoms with van der Waals surface area (Å²) in [6, 6.07) is 17.6. The van der Waals surface area contributed by atoms with Crippen molar-refractivity contribution in [2.75, 3.05) is 18.0 Å². The molecule has 0 saturated carbocycles. The molecule has 1 fully saturated rings. The van der Waals surface area contributed by atoms with Crippen molar-refractivity contribution in [1.82, 2.24) is 0 Å². The van der Waals surface area contributed by atoms with E-state index in [1.165, 1.54) is 17.3 Å². The number of benzene rings is 2. The van der Waals surface area contributed by atoms with Gasteiger partial charge in [-0.2, -0.15) is 0 Å². The van der Waals surface area contributed by atoms with Gasteiger partial charge in [0.2, 0.25) is 0 Å². The molecule has 22 heavy (non-hydrogen) atoms. The fraction of sp³-hybridized carbons (Fsp3) is 0.294. The summed E-state index contributed by atoms with van der Waals surface area (Å²) in [6.07, 6.45) is 2.47. The van der Waals surface area contributed by atoms with Crippen molar-refractivity contribution in [3.63, 3.8) is 0 Å². The number of rotatable bonds is 4. The van der Waals surface area contributed by atoms with Crippen LogP contribution in [0.1, 0.15) is 12.8 Å². The van der Waals surface area contributed by atoms with Crippen molar-refractivity contribution in [2.45, 2.75) is 17.7 Å². The Balaban J connectivity index is 1.66. The maximum absolute atomic E-state index is 10.7. The first-order chi connectivity index (χ1) is 10.7. The van der Waals surface area contributed by atoms with Crippen LogP contribution in [0.5, 0.6) is 0 Å². The summed E-state index contributed by atoms with van der Waals surface area (Å²) in [7, 11) is 0. The summed E-state index contributed by atoms with van der Waals surface area (Å²) in [4.78, 5) is 13.5. The Morgan fingerprint density at radius 1 is 1.09 bits per heavy atom. The molecule has 0 bridgehead atoms. The first-order valence-electron chi connectivity index (χ1n) is 7.43. The van der Waals surface area contributed by atoms with E-state index in [1.54, 1.807) is 12.1 Å².